The van der Waals surface area contributed by atoms with E-state index in [0.29, 0.717) is 33.7 Å². The van der Waals surface area contributed by atoms with Crippen molar-refractivity contribution in [3.05, 3.63) is 23.0 Å². The van der Waals surface area contributed by atoms with Crippen LogP contribution < -0.4 is 16.0 Å². The van der Waals surface area contributed by atoms with Gasteiger partial charge in [0.1, 0.15) is 22.4 Å². The Morgan fingerprint density at radius 1 is 1.44 bits per heavy atom. The number of rotatable bonds is 4. The van der Waals surface area contributed by atoms with Crippen LogP contribution in [0.15, 0.2) is 16.9 Å². The van der Waals surface area contributed by atoms with E-state index in [-0.39, 0.29) is 5.70 Å². The van der Waals surface area contributed by atoms with Crippen molar-refractivity contribution in [2.75, 3.05) is 11.6 Å². The predicted molar refractivity (Wildman–Crippen MR) is 90.8 cm³/mol. The summed E-state index contributed by atoms with van der Waals surface area (Å²) in [6.07, 6.45) is 7.02. The van der Waals surface area contributed by atoms with E-state index in [2.05, 4.69) is 32.1 Å². The van der Waals surface area contributed by atoms with Crippen LogP contribution in [0, 0.1) is 11.3 Å². The van der Waals surface area contributed by atoms with E-state index in [1.54, 1.807) is 10.7 Å². The highest BCUT2D eigenvalue weighted by atomic mass is 32.2. The van der Waals surface area contributed by atoms with Gasteiger partial charge in [-0.1, -0.05) is 0 Å². The second kappa shape index (κ2) is 5.78. The second-order valence-electron chi connectivity index (χ2n) is 5.68. The lowest BCUT2D eigenvalue weighted by molar-refractivity contribution is -0.115. The molecule has 2 aliphatic rings. The molecule has 126 valence electrons. The number of thioether (sulfide) groups is 1. The monoisotopic (exact) mass is 355 g/mol. The smallest absolute Gasteiger partial charge is 0.326 e. The molecule has 3 heterocycles. The first kappa shape index (κ1) is 15.5. The molecular formula is C15H13N7O2S. The van der Waals surface area contributed by atoms with Gasteiger partial charge in [0.05, 0.1) is 6.20 Å². The average molecular weight is 355 g/mol. The summed E-state index contributed by atoms with van der Waals surface area (Å²) < 4.78 is 1.57. The topological polar surface area (TPSA) is 124 Å². The number of nitrogens with one attached hydrogen (secondary N) is 3. The molecule has 1 saturated heterocycles. The molecule has 3 amide bonds. The van der Waals surface area contributed by atoms with Crippen LogP contribution in [0.1, 0.15) is 24.0 Å². The van der Waals surface area contributed by atoms with E-state index < -0.39 is 11.9 Å². The van der Waals surface area contributed by atoms with Gasteiger partial charge in [0.15, 0.2) is 11.5 Å². The predicted octanol–water partition coefficient (Wildman–Crippen LogP) is 1.08. The minimum Gasteiger partial charge on any atom is -0.366 e. The lowest BCUT2D eigenvalue weighted by atomic mass is 10.2. The molecule has 0 radical (unpaired) electrons. The summed E-state index contributed by atoms with van der Waals surface area (Å²) >= 11 is 1.37. The summed E-state index contributed by atoms with van der Waals surface area (Å²) in [7, 11) is 0. The number of nitrogens with zero attached hydrogens (tertiary/aromatic N) is 4. The lowest BCUT2D eigenvalue weighted by Gasteiger charge is -2.11. The molecule has 1 saturated carbocycles. The maximum absolute atomic E-state index is 11.7. The molecule has 0 aromatic carbocycles. The van der Waals surface area contributed by atoms with Crippen LogP contribution >= 0.6 is 11.8 Å². The minimum absolute atomic E-state index is 0.133. The van der Waals surface area contributed by atoms with Crippen LogP contribution in [0.5, 0.6) is 0 Å². The van der Waals surface area contributed by atoms with Gasteiger partial charge in [0.25, 0.3) is 5.91 Å². The third-order valence-electron chi connectivity index (χ3n) is 3.88. The van der Waals surface area contributed by atoms with Gasteiger partial charge < -0.3 is 10.6 Å². The minimum atomic E-state index is -0.562. The van der Waals surface area contributed by atoms with Crippen LogP contribution in [0.25, 0.3) is 11.7 Å². The fourth-order valence-electron chi connectivity index (χ4n) is 2.53. The van der Waals surface area contributed by atoms with E-state index in [4.69, 9.17) is 0 Å². The fraction of sp³-hybridized carbons (Fsp3) is 0.267. The molecule has 9 nitrogen and oxygen atoms in total. The number of urea groups is 1. The SMILES string of the molecule is CSc1nc2c(/C=C3\NC(=O)NC3=O)cnn2c(NC2CC2)c1C#N. The molecule has 2 aromatic heterocycles. The van der Waals surface area contributed by atoms with Crippen LogP contribution in [-0.4, -0.2) is 38.8 Å². The Labute approximate surface area is 146 Å². The largest absolute Gasteiger partial charge is 0.366 e. The summed E-state index contributed by atoms with van der Waals surface area (Å²) in [6.45, 7) is 0. The molecule has 1 aliphatic carbocycles. The van der Waals surface area contributed by atoms with Gasteiger partial charge in [-0.05, 0) is 25.2 Å². The summed E-state index contributed by atoms with van der Waals surface area (Å²) in [5.41, 5.74) is 1.66. The molecule has 0 atom stereocenters. The quantitative estimate of drug-likeness (QED) is 0.324. The lowest BCUT2D eigenvalue weighted by Crippen LogP contribution is -2.22. The van der Waals surface area contributed by atoms with Crippen LogP contribution in [0.3, 0.4) is 0 Å². The zero-order chi connectivity index (χ0) is 17.6. The van der Waals surface area contributed by atoms with Crippen molar-refractivity contribution >= 4 is 41.2 Å². The van der Waals surface area contributed by atoms with E-state index in [0.717, 1.165) is 12.8 Å². The van der Waals surface area contributed by atoms with E-state index in [9.17, 15) is 14.9 Å². The Kier molecular flexibility index (Phi) is 3.58. The zero-order valence-electron chi connectivity index (χ0n) is 13.2. The van der Waals surface area contributed by atoms with Crippen LogP contribution in [0.2, 0.25) is 0 Å². The number of hydrogen-bond donors (Lipinski definition) is 3. The molecule has 2 aromatic rings. The summed E-state index contributed by atoms with van der Waals surface area (Å²) in [5, 5.41) is 22.3. The van der Waals surface area contributed by atoms with E-state index in [1.165, 1.54) is 17.8 Å². The van der Waals surface area contributed by atoms with Crippen molar-refractivity contribution in [3.8, 4) is 6.07 Å². The van der Waals surface area contributed by atoms with Gasteiger partial charge in [-0.15, -0.1) is 11.8 Å². The Morgan fingerprint density at radius 2 is 2.24 bits per heavy atom. The number of fused-ring (bicyclic) bond motifs is 1. The maximum atomic E-state index is 11.7. The van der Waals surface area contributed by atoms with Gasteiger partial charge in [0.2, 0.25) is 0 Å². The van der Waals surface area contributed by atoms with Crippen molar-refractivity contribution in [2.45, 2.75) is 23.9 Å². The number of anilines is 1. The van der Waals surface area contributed by atoms with Crippen LogP contribution in [0.4, 0.5) is 10.6 Å². The second-order valence-corrected chi connectivity index (χ2v) is 6.47. The maximum Gasteiger partial charge on any atom is 0.326 e. The zero-order valence-corrected chi connectivity index (χ0v) is 14.0. The molecule has 0 unspecified atom stereocenters. The van der Waals surface area contributed by atoms with E-state index >= 15 is 0 Å². The average Bonchev–Trinajstić information content (AvgIpc) is 3.24. The third-order valence-corrected chi connectivity index (χ3v) is 4.57. The number of carbonyl (C=O) groups is 2. The molecule has 3 N–H and O–H groups in total. The molecule has 1 aliphatic heterocycles. The molecule has 10 heteroatoms. The number of nitriles is 1. The van der Waals surface area contributed by atoms with Gasteiger partial charge in [-0.3, -0.25) is 10.1 Å². The molecule has 0 spiro atoms. The number of carbonyl (C=O) groups excluding carboxylic acids is 2. The number of hydrogen-bond acceptors (Lipinski definition) is 7. The number of aromatic nitrogens is 3. The third kappa shape index (κ3) is 2.68. The van der Waals surface area contributed by atoms with Crippen molar-refractivity contribution in [1.82, 2.24) is 25.2 Å². The van der Waals surface area contributed by atoms with Gasteiger partial charge in [-0.25, -0.2) is 9.78 Å². The van der Waals surface area contributed by atoms with Gasteiger partial charge >= 0.3 is 6.03 Å². The van der Waals surface area contributed by atoms with Crippen molar-refractivity contribution in [1.29, 1.82) is 5.26 Å². The number of imide groups is 1. The Morgan fingerprint density at radius 3 is 2.84 bits per heavy atom. The highest BCUT2D eigenvalue weighted by Crippen LogP contribution is 2.32. The van der Waals surface area contributed by atoms with Gasteiger partial charge in [0, 0.05) is 11.6 Å². The van der Waals surface area contributed by atoms with Gasteiger partial charge in [-0.2, -0.15) is 14.9 Å². The summed E-state index contributed by atoms with van der Waals surface area (Å²) in [5.74, 6) is 0.100. The van der Waals surface area contributed by atoms with Crippen LogP contribution in [-0.2, 0) is 4.79 Å². The first-order chi connectivity index (χ1) is 12.1. The molecule has 0 bridgehead atoms. The normalized spacial score (nSPS) is 18.3. The highest BCUT2D eigenvalue weighted by Gasteiger charge is 2.27. The first-order valence-electron chi connectivity index (χ1n) is 7.57. The standard InChI is InChI=1S/C15H13N7O2S/c1-25-14-9(5-16)12(18-8-2-3-8)22-11(20-14)7(6-17-22)4-10-13(23)21-15(24)19-10/h4,6,8,18H,2-3H2,1H3,(H2,19,21,23,24)/b10-4-. The molecule has 25 heavy (non-hydrogen) atoms. The van der Waals surface area contributed by atoms with Crippen molar-refractivity contribution in [2.24, 2.45) is 0 Å². The molecule has 2 fully saturated rings. The Hall–Kier alpha value is -3.06. The highest BCUT2D eigenvalue weighted by molar-refractivity contribution is 7.98. The van der Waals surface area contributed by atoms with Crippen molar-refractivity contribution in [3.63, 3.8) is 0 Å². The summed E-state index contributed by atoms with van der Waals surface area (Å²) in [6, 6.07) is 1.96. The number of amides is 3. The van der Waals surface area contributed by atoms with E-state index in [1.807, 2.05) is 6.26 Å². The first-order valence-corrected chi connectivity index (χ1v) is 8.79. The molecule has 4 rings (SSSR count). The fourth-order valence-corrected chi connectivity index (χ4v) is 3.06. The Bertz CT molecular complexity index is 984. The summed E-state index contributed by atoms with van der Waals surface area (Å²) in [4.78, 5) is 27.5. The molecular weight excluding hydrogens is 342 g/mol. The Balaban J connectivity index is 1.88. The van der Waals surface area contributed by atoms with Crippen molar-refractivity contribution < 1.29 is 9.59 Å².